The highest BCUT2D eigenvalue weighted by Gasteiger charge is 2.18. The smallest absolute Gasteiger partial charge is 0.215 e. The van der Waals surface area contributed by atoms with Crippen LogP contribution in [-0.2, 0) is 22.9 Å². The maximum absolute atomic E-state index is 12.2. The van der Waals surface area contributed by atoms with Crippen LogP contribution in [0.3, 0.4) is 0 Å². The number of rotatable bonds is 10. The number of aromatic amines is 1. The third kappa shape index (κ3) is 6.85. The summed E-state index contributed by atoms with van der Waals surface area (Å²) in [6, 6.07) is 6.40. The van der Waals surface area contributed by atoms with Gasteiger partial charge in [-0.25, -0.2) is 12.7 Å². The van der Waals surface area contributed by atoms with Gasteiger partial charge in [-0.1, -0.05) is 39.0 Å². The van der Waals surface area contributed by atoms with Gasteiger partial charge in [-0.05, 0) is 24.0 Å². The Morgan fingerprint density at radius 3 is 2.41 bits per heavy atom. The van der Waals surface area contributed by atoms with Gasteiger partial charge in [0.15, 0.2) is 5.96 Å². The van der Waals surface area contributed by atoms with Crippen molar-refractivity contribution < 1.29 is 8.42 Å². The number of guanidine groups is 1. The van der Waals surface area contributed by atoms with Crippen LogP contribution in [0.1, 0.15) is 31.9 Å². The number of hydrogen-bond acceptors (Lipinski definition) is 3. The number of nitrogens with one attached hydrogen (secondary N) is 3. The van der Waals surface area contributed by atoms with Crippen molar-refractivity contribution in [2.45, 2.75) is 33.6 Å². The summed E-state index contributed by atoms with van der Waals surface area (Å²) in [5.41, 5.74) is 3.80. The van der Waals surface area contributed by atoms with Crippen LogP contribution in [0.4, 0.5) is 0 Å². The van der Waals surface area contributed by atoms with E-state index in [9.17, 15) is 8.42 Å². The van der Waals surface area contributed by atoms with Crippen molar-refractivity contribution in [1.29, 1.82) is 0 Å². The number of halogens is 1. The number of H-pyrrole nitrogens is 1. The summed E-state index contributed by atoms with van der Waals surface area (Å²) >= 11 is 0. The lowest BCUT2D eigenvalue weighted by Crippen LogP contribution is -2.42. The van der Waals surface area contributed by atoms with E-state index in [4.69, 9.17) is 0 Å². The first kappa shape index (κ1) is 25.7. The van der Waals surface area contributed by atoms with E-state index in [-0.39, 0.29) is 29.7 Å². The fraction of sp³-hybridized carbons (Fsp3) is 0.550. The second-order valence-corrected chi connectivity index (χ2v) is 8.67. The van der Waals surface area contributed by atoms with E-state index in [1.54, 1.807) is 7.05 Å². The van der Waals surface area contributed by atoms with Crippen LogP contribution >= 0.6 is 24.0 Å². The fourth-order valence-corrected chi connectivity index (χ4v) is 4.76. The minimum absolute atomic E-state index is 0. The minimum atomic E-state index is -3.23. The standard InChI is InChI=1S/C20H33N5O2S.HI/c1-5-16-9-8-10-18-17(15-24-19(16)18)11-12-22-20(21-4)23-13-14-28(26,27)25(6-2)7-3;/h8-10,15,24H,5-7,11-14H2,1-4H3,(H2,21,22,23);1H. The van der Waals surface area contributed by atoms with E-state index in [0.717, 1.165) is 12.8 Å². The monoisotopic (exact) mass is 535 g/mol. The van der Waals surface area contributed by atoms with Crippen LogP contribution in [0, 0.1) is 0 Å². The first-order chi connectivity index (χ1) is 13.5. The summed E-state index contributed by atoms with van der Waals surface area (Å²) in [6.45, 7) is 7.89. The molecule has 0 unspecified atom stereocenters. The molecular weight excluding hydrogens is 501 g/mol. The molecule has 0 fully saturated rings. The first-order valence-corrected chi connectivity index (χ1v) is 11.6. The molecule has 2 aromatic rings. The zero-order valence-electron chi connectivity index (χ0n) is 17.8. The maximum Gasteiger partial charge on any atom is 0.215 e. The van der Waals surface area contributed by atoms with Crippen LogP contribution in [0.25, 0.3) is 10.9 Å². The topological polar surface area (TPSA) is 89.6 Å². The Morgan fingerprint density at radius 1 is 1.10 bits per heavy atom. The molecule has 7 nitrogen and oxygen atoms in total. The molecule has 1 heterocycles. The minimum Gasteiger partial charge on any atom is -0.361 e. The van der Waals surface area contributed by atoms with Crippen LogP contribution < -0.4 is 10.6 Å². The number of benzene rings is 1. The third-order valence-corrected chi connectivity index (χ3v) is 6.95. The van der Waals surface area contributed by atoms with Crippen molar-refractivity contribution in [3.05, 3.63) is 35.5 Å². The number of sulfonamides is 1. The molecule has 0 aliphatic rings. The fourth-order valence-electron chi connectivity index (χ4n) is 3.36. The van der Waals surface area contributed by atoms with E-state index in [1.807, 2.05) is 13.8 Å². The zero-order chi connectivity index (χ0) is 20.6. The van der Waals surface area contributed by atoms with Crippen LogP contribution in [0.15, 0.2) is 29.4 Å². The number of fused-ring (bicyclic) bond motifs is 1. The quantitative estimate of drug-likeness (QED) is 0.248. The summed E-state index contributed by atoms with van der Waals surface area (Å²) in [5, 5.41) is 7.61. The Hall–Kier alpha value is -1.33. The van der Waals surface area contributed by atoms with Crippen LogP contribution in [-0.4, -0.2) is 62.6 Å². The molecule has 0 saturated heterocycles. The highest BCUT2D eigenvalue weighted by Crippen LogP contribution is 2.22. The molecule has 0 amide bonds. The van der Waals surface area contributed by atoms with Gasteiger partial charge in [-0.15, -0.1) is 24.0 Å². The molecule has 0 spiro atoms. The van der Waals surface area contributed by atoms with Gasteiger partial charge in [0.25, 0.3) is 0 Å². The van der Waals surface area contributed by atoms with Crippen LogP contribution in [0.2, 0.25) is 0 Å². The van der Waals surface area contributed by atoms with E-state index >= 15 is 0 Å². The molecule has 0 aliphatic heterocycles. The summed E-state index contributed by atoms with van der Waals surface area (Å²) < 4.78 is 25.9. The molecule has 0 radical (unpaired) electrons. The molecule has 164 valence electrons. The Kier molecular flexibility index (Phi) is 11.0. The summed E-state index contributed by atoms with van der Waals surface area (Å²) in [4.78, 5) is 7.57. The van der Waals surface area contributed by atoms with E-state index in [0.29, 0.717) is 32.1 Å². The van der Waals surface area contributed by atoms with Crippen LogP contribution in [0.5, 0.6) is 0 Å². The molecule has 9 heteroatoms. The number of aliphatic imine (C=N–C) groups is 1. The molecular formula is C20H34IN5O2S. The van der Waals surface area contributed by atoms with Crippen molar-refractivity contribution >= 4 is 50.9 Å². The number of aromatic nitrogens is 1. The lowest BCUT2D eigenvalue weighted by molar-refractivity contribution is 0.445. The number of hydrogen-bond donors (Lipinski definition) is 3. The first-order valence-electron chi connectivity index (χ1n) is 9.96. The SMILES string of the molecule is CCc1cccc2c(CCNC(=NC)NCCS(=O)(=O)N(CC)CC)c[nH]c12.I. The van der Waals surface area contributed by atoms with Crippen molar-refractivity contribution in [3.8, 4) is 0 Å². The maximum atomic E-state index is 12.2. The summed E-state index contributed by atoms with van der Waals surface area (Å²) in [7, 11) is -1.54. The van der Waals surface area contributed by atoms with Gasteiger partial charge >= 0.3 is 0 Å². The van der Waals surface area contributed by atoms with Gasteiger partial charge in [-0.3, -0.25) is 4.99 Å². The predicted molar refractivity (Wildman–Crippen MR) is 133 cm³/mol. The third-order valence-electron chi connectivity index (χ3n) is 4.93. The Morgan fingerprint density at radius 2 is 1.79 bits per heavy atom. The second kappa shape index (κ2) is 12.4. The van der Waals surface area contributed by atoms with Gasteiger partial charge in [0.05, 0.1) is 5.75 Å². The second-order valence-electron chi connectivity index (χ2n) is 6.58. The average molecular weight is 535 g/mol. The zero-order valence-corrected chi connectivity index (χ0v) is 20.9. The molecule has 0 saturated carbocycles. The number of aryl methyl sites for hydroxylation is 1. The highest BCUT2D eigenvalue weighted by atomic mass is 127. The molecule has 29 heavy (non-hydrogen) atoms. The lowest BCUT2D eigenvalue weighted by atomic mass is 10.1. The van der Waals surface area contributed by atoms with E-state index in [1.165, 1.54) is 26.3 Å². The summed E-state index contributed by atoms with van der Waals surface area (Å²) in [6.07, 6.45) is 3.92. The van der Waals surface area contributed by atoms with Gasteiger partial charge in [0.1, 0.15) is 0 Å². The summed E-state index contributed by atoms with van der Waals surface area (Å²) in [5.74, 6) is 0.668. The van der Waals surface area contributed by atoms with Crippen molar-refractivity contribution in [3.63, 3.8) is 0 Å². The largest absolute Gasteiger partial charge is 0.361 e. The Balaban J connectivity index is 0.00000420. The van der Waals surface area contributed by atoms with Gasteiger partial charge < -0.3 is 15.6 Å². The van der Waals surface area contributed by atoms with Crippen molar-refractivity contribution in [2.24, 2.45) is 4.99 Å². The van der Waals surface area contributed by atoms with Crippen molar-refractivity contribution in [1.82, 2.24) is 19.9 Å². The molecule has 1 aromatic heterocycles. The molecule has 1 aromatic carbocycles. The van der Waals surface area contributed by atoms with E-state index < -0.39 is 10.0 Å². The average Bonchev–Trinajstić information content (AvgIpc) is 3.10. The van der Waals surface area contributed by atoms with Gasteiger partial charge in [-0.2, -0.15) is 0 Å². The number of nitrogens with zero attached hydrogens (tertiary/aromatic N) is 2. The normalized spacial score (nSPS) is 12.2. The highest BCUT2D eigenvalue weighted by molar-refractivity contribution is 14.0. The Labute approximate surface area is 191 Å². The van der Waals surface area contributed by atoms with Gasteiger partial charge in [0, 0.05) is 50.3 Å². The Bertz CT molecular complexity index is 891. The molecule has 0 atom stereocenters. The molecule has 0 aliphatic carbocycles. The predicted octanol–water partition coefficient (Wildman–Crippen LogP) is 2.73. The molecule has 2 rings (SSSR count). The lowest BCUT2D eigenvalue weighted by Gasteiger charge is -2.19. The van der Waals surface area contributed by atoms with E-state index in [2.05, 4.69) is 51.9 Å². The van der Waals surface area contributed by atoms with Gasteiger partial charge in [0.2, 0.25) is 10.0 Å². The number of para-hydroxylation sites is 1. The molecule has 0 bridgehead atoms. The van der Waals surface area contributed by atoms with Crippen molar-refractivity contribution in [2.75, 3.05) is 39.0 Å². The molecule has 3 N–H and O–H groups in total.